The number of amides is 1. The van der Waals surface area contributed by atoms with Gasteiger partial charge >= 0.3 is 0 Å². The largest absolute Gasteiger partial charge is 0.378 e. The first-order chi connectivity index (χ1) is 9.58. The van der Waals surface area contributed by atoms with Gasteiger partial charge in [-0.3, -0.25) is 4.79 Å². The summed E-state index contributed by atoms with van der Waals surface area (Å²) in [7, 11) is 0. The first kappa shape index (κ1) is 18.0. The first-order valence-electron chi connectivity index (χ1n) is 7.29. The Balaban J connectivity index is 0.00000220. The van der Waals surface area contributed by atoms with E-state index in [4.69, 9.17) is 4.74 Å². The topological polar surface area (TPSA) is 50.4 Å². The number of morpholine rings is 1. The normalized spacial score (nSPS) is 19.7. The summed E-state index contributed by atoms with van der Waals surface area (Å²) in [5, 5.41) is 6.20. The Morgan fingerprint density at radius 2 is 1.86 bits per heavy atom. The Kier molecular flexibility index (Phi) is 7.15. The van der Waals surface area contributed by atoms with Gasteiger partial charge in [0, 0.05) is 6.54 Å². The van der Waals surface area contributed by atoms with E-state index in [1.807, 2.05) is 6.92 Å². The van der Waals surface area contributed by atoms with Gasteiger partial charge in [0.2, 0.25) is 5.91 Å². The SMILES string of the molecule is CC(C)c1ccc(C(C)NC(=O)C2COCCN2)cc1.Cl. The number of carbonyl (C=O) groups is 1. The fourth-order valence-electron chi connectivity index (χ4n) is 2.30. The molecule has 2 atom stereocenters. The highest BCUT2D eigenvalue weighted by Crippen LogP contribution is 2.18. The third-order valence-electron chi connectivity index (χ3n) is 3.70. The fraction of sp³-hybridized carbons (Fsp3) is 0.562. The third kappa shape index (κ3) is 4.99. The molecule has 118 valence electrons. The maximum Gasteiger partial charge on any atom is 0.240 e. The van der Waals surface area contributed by atoms with Crippen LogP contribution in [0, 0.1) is 0 Å². The molecule has 0 saturated carbocycles. The van der Waals surface area contributed by atoms with Gasteiger partial charge in [-0.2, -0.15) is 0 Å². The Hall–Kier alpha value is -1.10. The van der Waals surface area contributed by atoms with Crippen molar-refractivity contribution < 1.29 is 9.53 Å². The average Bonchev–Trinajstić information content (AvgIpc) is 2.48. The van der Waals surface area contributed by atoms with E-state index >= 15 is 0 Å². The summed E-state index contributed by atoms with van der Waals surface area (Å²) >= 11 is 0. The predicted octanol–water partition coefficient (Wildman–Crippen LogP) is 2.40. The van der Waals surface area contributed by atoms with E-state index in [0.29, 0.717) is 19.1 Å². The number of hydrogen-bond donors (Lipinski definition) is 2. The monoisotopic (exact) mass is 312 g/mol. The quantitative estimate of drug-likeness (QED) is 0.897. The van der Waals surface area contributed by atoms with Gasteiger partial charge < -0.3 is 15.4 Å². The number of nitrogens with one attached hydrogen (secondary N) is 2. The molecule has 1 aromatic rings. The summed E-state index contributed by atoms with van der Waals surface area (Å²) in [6.45, 7) is 8.21. The van der Waals surface area contributed by atoms with E-state index in [9.17, 15) is 4.79 Å². The fourth-order valence-corrected chi connectivity index (χ4v) is 2.30. The molecule has 2 rings (SSSR count). The summed E-state index contributed by atoms with van der Waals surface area (Å²) in [6, 6.07) is 8.21. The second kappa shape index (κ2) is 8.37. The number of benzene rings is 1. The van der Waals surface area contributed by atoms with Gasteiger partial charge in [-0.1, -0.05) is 38.1 Å². The van der Waals surface area contributed by atoms with E-state index in [2.05, 4.69) is 48.7 Å². The van der Waals surface area contributed by atoms with Crippen LogP contribution in [0.5, 0.6) is 0 Å². The highest BCUT2D eigenvalue weighted by Gasteiger charge is 2.22. The highest BCUT2D eigenvalue weighted by atomic mass is 35.5. The second-order valence-corrected chi connectivity index (χ2v) is 5.63. The molecule has 0 spiro atoms. The molecule has 5 heteroatoms. The van der Waals surface area contributed by atoms with Crippen LogP contribution in [0.3, 0.4) is 0 Å². The highest BCUT2D eigenvalue weighted by molar-refractivity contribution is 5.85. The molecule has 4 nitrogen and oxygen atoms in total. The molecule has 1 amide bonds. The number of halogens is 1. The van der Waals surface area contributed by atoms with Gasteiger partial charge in [-0.05, 0) is 24.0 Å². The van der Waals surface area contributed by atoms with E-state index in [0.717, 1.165) is 12.1 Å². The van der Waals surface area contributed by atoms with E-state index in [1.54, 1.807) is 0 Å². The molecule has 1 fully saturated rings. The Morgan fingerprint density at radius 1 is 1.24 bits per heavy atom. The van der Waals surface area contributed by atoms with Crippen LogP contribution in [0.25, 0.3) is 0 Å². The van der Waals surface area contributed by atoms with Crippen molar-refractivity contribution in [3.63, 3.8) is 0 Å². The molecular formula is C16H25ClN2O2. The molecule has 1 aliphatic rings. The van der Waals surface area contributed by atoms with Crippen molar-refractivity contribution in [3.8, 4) is 0 Å². The van der Waals surface area contributed by atoms with E-state index in [-0.39, 0.29) is 30.4 Å². The molecule has 2 N–H and O–H groups in total. The summed E-state index contributed by atoms with van der Waals surface area (Å²) in [5.41, 5.74) is 2.44. The summed E-state index contributed by atoms with van der Waals surface area (Å²) in [6.07, 6.45) is 0. The molecule has 1 aromatic carbocycles. The second-order valence-electron chi connectivity index (χ2n) is 5.63. The zero-order valence-electron chi connectivity index (χ0n) is 12.9. The molecule has 21 heavy (non-hydrogen) atoms. The molecule has 0 aromatic heterocycles. The summed E-state index contributed by atoms with van der Waals surface area (Å²) < 4.78 is 5.31. The van der Waals surface area contributed by atoms with Crippen LogP contribution in [0.4, 0.5) is 0 Å². The Labute approximate surface area is 133 Å². The van der Waals surface area contributed by atoms with Crippen LogP contribution >= 0.6 is 12.4 Å². The lowest BCUT2D eigenvalue weighted by molar-refractivity contribution is -0.126. The molecule has 0 aliphatic carbocycles. The Bertz CT molecular complexity index is 442. The van der Waals surface area contributed by atoms with Crippen LogP contribution in [0.15, 0.2) is 24.3 Å². The average molecular weight is 313 g/mol. The first-order valence-corrected chi connectivity index (χ1v) is 7.29. The third-order valence-corrected chi connectivity index (χ3v) is 3.70. The zero-order valence-corrected chi connectivity index (χ0v) is 13.7. The van der Waals surface area contributed by atoms with Gasteiger partial charge in [0.25, 0.3) is 0 Å². The summed E-state index contributed by atoms with van der Waals surface area (Å²) in [5.74, 6) is 0.530. The zero-order chi connectivity index (χ0) is 14.5. The van der Waals surface area contributed by atoms with Gasteiger partial charge in [-0.15, -0.1) is 12.4 Å². The van der Waals surface area contributed by atoms with Crippen LogP contribution < -0.4 is 10.6 Å². The number of ether oxygens (including phenoxy) is 1. The smallest absolute Gasteiger partial charge is 0.240 e. The van der Waals surface area contributed by atoms with Crippen molar-refractivity contribution in [2.75, 3.05) is 19.8 Å². The van der Waals surface area contributed by atoms with Crippen LogP contribution in [-0.4, -0.2) is 31.7 Å². The van der Waals surface area contributed by atoms with Crippen molar-refractivity contribution in [2.45, 2.75) is 38.8 Å². The Morgan fingerprint density at radius 3 is 2.38 bits per heavy atom. The van der Waals surface area contributed by atoms with Crippen LogP contribution in [0.1, 0.15) is 43.9 Å². The standard InChI is InChI=1S/C16H24N2O2.ClH/c1-11(2)13-4-6-14(7-5-13)12(3)18-16(19)15-10-20-9-8-17-15;/h4-7,11-12,15,17H,8-10H2,1-3H3,(H,18,19);1H. The maximum absolute atomic E-state index is 12.1. The number of rotatable bonds is 4. The lowest BCUT2D eigenvalue weighted by Crippen LogP contribution is -2.51. The lowest BCUT2D eigenvalue weighted by atomic mass is 9.99. The minimum atomic E-state index is -0.235. The van der Waals surface area contributed by atoms with Crippen molar-refractivity contribution in [3.05, 3.63) is 35.4 Å². The number of hydrogen-bond acceptors (Lipinski definition) is 3. The summed E-state index contributed by atoms with van der Waals surface area (Å²) in [4.78, 5) is 12.1. The van der Waals surface area contributed by atoms with Crippen LogP contribution in [-0.2, 0) is 9.53 Å². The van der Waals surface area contributed by atoms with E-state index < -0.39 is 0 Å². The molecule has 1 aliphatic heterocycles. The molecule has 1 heterocycles. The van der Waals surface area contributed by atoms with Gasteiger partial charge in [-0.25, -0.2) is 0 Å². The van der Waals surface area contributed by atoms with E-state index in [1.165, 1.54) is 5.56 Å². The molecule has 1 saturated heterocycles. The maximum atomic E-state index is 12.1. The van der Waals surface area contributed by atoms with Crippen molar-refractivity contribution in [2.24, 2.45) is 0 Å². The van der Waals surface area contributed by atoms with Gasteiger partial charge in [0.1, 0.15) is 6.04 Å². The van der Waals surface area contributed by atoms with Gasteiger partial charge in [0.05, 0.1) is 19.3 Å². The molecule has 0 radical (unpaired) electrons. The van der Waals surface area contributed by atoms with Crippen LogP contribution in [0.2, 0.25) is 0 Å². The minimum absolute atomic E-state index is 0. The predicted molar refractivity (Wildman–Crippen MR) is 86.9 cm³/mol. The van der Waals surface area contributed by atoms with Crippen molar-refractivity contribution in [1.82, 2.24) is 10.6 Å². The molecule has 2 unspecified atom stereocenters. The number of carbonyl (C=O) groups excluding carboxylic acids is 1. The molecule has 0 bridgehead atoms. The molecular weight excluding hydrogens is 288 g/mol. The van der Waals surface area contributed by atoms with Crippen molar-refractivity contribution in [1.29, 1.82) is 0 Å². The minimum Gasteiger partial charge on any atom is -0.378 e. The lowest BCUT2D eigenvalue weighted by Gasteiger charge is -2.25. The van der Waals surface area contributed by atoms with Crippen molar-refractivity contribution >= 4 is 18.3 Å². The van der Waals surface area contributed by atoms with Gasteiger partial charge in [0.15, 0.2) is 0 Å².